The molecule has 0 amide bonds. The highest BCUT2D eigenvalue weighted by molar-refractivity contribution is 5.72. The van der Waals surface area contributed by atoms with E-state index < -0.39 is 5.97 Å². The van der Waals surface area contributed by atoms with E-state index in [1.807, 2.05) is 66.4 Å². The summed E-state index contributed by atoms with van der Waals surface area (Å²) in [6.07, 6.45) is 6.59. The third kappa shape index (κ3) is 6.24. The normalized spacial score (nSPS) is 10.9. The van der Waals surface area contributed by atoms with Crippen LogP contribution < -0.4 is 4.74 Å². The lowest BCUT2D eigenvalue weighted by Gasteiger charge is -2.07. The first-order valence-corrected chi connectivity index (χ1v) is 11.3. The molecule has 4 aromatic rings. The second-order valence-corrected chi connectivity index (χ2v) is 8.11. The molecule has 174 valence electrons. The highest BCUT2D eigenvalue weighted by Gasteiger charge is 2.06. The first-order valence-electron chi connectivity index (χ1n) is 11.3. The van der Waals surface area contributed by atoms with Gasteiger partial charge in [-0.2, -0.15) is 5.26 Å². The number of benzene rings is 3. The number of nitriles is 1. The van der Waals surface area contributed by atoms with E-state index >= 15 is 0 Å². The highest BCUT2D eigenvalue weighted by Crippen LogP contribution is 2.24. The van der Waals surface area contributed by atoms with Crippen molar-refractivity contribution in [2.24, 2.45) is 7.05 Å². The van der Waals surface area contributed by atoms with E-state index in [2.05, 4.69) is 30.3 Å². The summed E-state index contributed by atoms with van der Waals surface area (Å²) in [6.45, 7) is 0.387. The van der Waals surface area contributed by atoms with Crippen LogP contribution >= 0.6 is 0 Å². The molecule has 0 atom stereocenters. The van der Waals surface area contributed by atoms with Crippen molar-refractivity contribution in [3.8, 4) is 34.2 Å². The van der Waals surface area contributed by atoms with Gasteiger partial charge in [-0.1, -0.05) is 54.6 Å². The number of rotatable bonds is 9. The lowest BCUT2D eigenvalue weighted by Crippen LogP contribution is -2.01. The summed E-state index contributed by atoms with van der Waals surface area (Å²) in [7, 11) is 1.96. The molecule has 0 aliphatic rings. The number of ether oxygens (including phenoxy) is 1. The minimum atomic E-state index is -0.810. The zero-order chi connectivity index (χ0) is 24.6. The third-order valence-electron chi connectivity index (χ3n) is 5.55. The molecule has 1 aromatic heterocycles. The monoisotopic (exact) mass is 463 g/mol. The molecule has 0 unspecified atom stereocenters. The van der Waals surface area contributed by atoms with E-state index in [0.29, 0.717) is 18.6 Å². The van der Waals surface area contributed by atoms with Crippen molar-refractivity contribution in [2.75, 3.05) is 6.61 Å². The van der Waals surface area contributed by atoms with Gasteiger partial charge in [0.2, 0.25) is 0 Å². The molecule has 0 saturated carbocycles. The smallest absolute Gasteiger partial charge is 0.303 e. The predicted octanol–water partition coefficient (Wildman–Crippen LogP) is 6.04. The van der Waals surface area contributed by atoms with Crippen molar-refractivity contribution in [3.63, 3.8) is 0 Å². The van der Waals surface area contributed by atoms with Gasteiger partial charge in [0.15, 0.2) is 0 Å². The van der Waals surface area contributed by atoms with Gasteiger partial charge in [0.1, 0.15) is 11.6 Å². The Labute approximate surface area is 204 Å². The molecule has 4 rings (SSSR count). The molecule has 0 spiro atoms. The minimum Gasteiger partial charge on any atom is -0.494 e. The van der Waals surface area contributed by atoms with Gasteiger partial charge in [0.05, 0.1) is 23.9 Å². The van der Waals surface area contributed by atoms with Gasteiger partial charge in [-0.15, -0.1) is 0 Å². The zero-order valence-corrected chi connectivity index (χ0v) is 19.4. The summed E-state index contributed by atoms with van der Waals surface area (Å²) in [5.41, 5.74) is 5.70. The molecule has 0 bridgehead atoms. The second kappa shape index (κ2) is 11.0. The maximum Gasteiger partial charge on any atom is 0.303 e. The van der Waals surface area contributed by atoms with Crippen LogP contribution in [-0.2, 0) is 11.8 Å². The van der Waals surface area contributed by atoms with Crippen LogP contribution in [0.1, 0.15) is 29.8 Å². The van der Waals surface area contributed by atoms with Gasteiger partial charge < -0.3 is 14.4 Å². The number of nitrogens with zero attached hydrogens (tertiary/aromatic N) is 3. The average molecular weight is 464 g/mol. The van der Waals surface area contributed by atoms with E-state index in [0.717, 1.165) is 39.5 Å². The van der Waals surface area contributed by atoms with Crippen molar-refractivity contribution < 1.29 is 14.6 Å². The Balaban J connectivity index is 1.38. The Morgan fingerprint density at radius 2 is 1.60 bits per heavy atom. The summed E-state index contributed by atoms with van der Waals surface area (Å²) in [5.74, 6) is 0.761. The van der Waals surface area contributed by atoms with Crippen LogP contribution in [0.5, 0.6) is 5.75 Å². The minimum absolute atomic E-state index is 0.108. The van der Waals surface area contributed by atoms with Crippen LogP contribution in [0.2, 0.25) is 0 Å². The van der Waals surface area contributed by atoms with Crippen molar-refractivity contribution in [1.82, 2.24) is 9.55 Å². The zero-order valence-electron chi connectivity index (χ0n) is 19.4. The predicted molar refractivity (Wildman–Crippen MR) is 137 cm³/mol. The van der Waals surface area contributed by atoms with Crippen LogP contribution in [0, 0.1) is 11.3 Å². The van der Waals surface area contributed by atoms with Crippen molar-refractivity contribution in [3.05, 3.63) is 95.9 Å². The Hall–Kier alpha value is -4.63. The quantitative estimate of drug-likeness (QED) is 0.306. The summed E-state index contributed by atoms with van der Waals surface area (Å²) >= 11 is 0. The van der Waals surface area contributed by atoms with Crippen LogP contribution in [0.3, 0.4) is 0 Å². The summed E-state index contributed by atoms with van der Waals surface area (Å²) < 4.78 is 7.57. The fraction of sp³-hybridized carbons (Fsp3) is 0.138. The van der Waals surface area contributed by atoms with E-state index in [1.165, 1.54) is 0 Å². The number of aromatic nitrogens is 2. The molecule has 0 aliphatic carbocycles. The first kappa shape index (κ1) is 23.5. The van der Waals surface area contributed by atoms with E-state index in [-0.39, 0.29) is 6.42 Å². The lowest BCUT2D eigenvalue weighted by molar-refractivity contribution is -0.137. The molecule has 0 saturated heterocycles. The molecule has 0 radical (unpaired) electrons. The molecular formula is C29H25N3O3. The molecule has 6 heteroatoms. The number of aryl methyl sites for hydroxylation is 1. The summed E-state index contributed by atoms with van der Waals surface area (Å²) in [5, 5.41) is 17.7. The van der Waals surface area contributed by atoms with Crippen LogP contribution in [0.4, 0.5) is 0 Å². The van der Waals surface area contributed by atoms with E-state index in [4.69, 9.17) is 20.1 Å². The standard InChI is InChI=1S/C29H25N3O3/c1-32-20-27(25-11-6-22(19-30)7-12-25)31-28(32)17-8-21-4-9-23(10-5-21)24-13-15-26(16-14-24)35-18-2-3-29(33)34/h4-17,20H,2-3,18H2,1H3,(H,33,34)/b17-8+. The first-order chi connectivity index (χ1) is 17.0. The molecular weight excluding hydrogens is 438 g/mol. The van der Waals surface area contributed by atoms with Gasteiger partial charge in [-0.25, -0.2) is 4.98 Å². The van der Waals surface area contributed by atoms with Crippen LogP contribution in [-0.4, -0.2) is 27.2 Å². The number of hydrogen-bond donors (Lipinski definition) is 1. The number of hydrogen-bond acceptors (Lipinski definition) is 4. The summed E-state index contributed by atoms with van der Waals surface area (Å²) in [4.78, 5) is 15.3. The molecule has 0 aliphatic heterocycles. The van der Waals surface area contributed by atoms with Crippen molar-refractivity contribution in [1.29, 1.82) is 5.26 Å². The number of carboxylic acids is 1. The van der Waals surface area contributed by atoms with Crippen LogP contribution in [0.15, 0.2) is 79.0 Å². The number of aliphatic carboxylic acids is 1. The average Bonchev–Trinajstić information content (AvgIpc) is 3.26. The summed E-state index contributed by atoms with van der Waals surface area (Å²) in [6, 6.07) is 25.6. The molecule has 6 nitrogen and oxygen atoms in total. The fourth-order valence-electron chi connectivity index (χ4n) is 3.60. The van der Waals surface area contributed by atoms with Gasteiger partial charge >= 0.3 is 5.97 Å². The molecule has 35 heavy (non-hydrogen) atoms. The van der Waals surface area contributed by atoms with E-state index in [9.17, 15) is 4.79 Å². The Kier molecular flexibility index (Phi) is 7.39. The second-order valence-electron chi connectivity index (χ2n) is 8.11. The largest absolute Gasteiger partial charge is 0.494 e. The van der Waals surface area contributed by atoms with Crippen molar-refractivity contribution in [2.45, 2.75) is 12.8 Å². The maximum absolute atomic E-state index is 10.6. The Bertz CT molecular complexity index is 1360. The van der Waals surface area contributed by atoms with Crippen molar-refractivity contribution >= 4 is 18.1 Å². The van der Waals surface area contributed by atoms with Gasteiger partial charge in [-0.05, 0) is 53.5 Å². The molecule has 0 fully saturated rings. The highest BCUT2D eigenvalue weighted by atomic mass is 16.5. The molecule has 3 aromatic carbocycles. The molecule has 1 N–H and O–H groups in total. The number of carboxylic acid groups (broad SMARTS) is 1. The van der Waals surface area contributed by atoms with Crippen LogP contribution in [0.25, 0.3) is 34.5 Å². The molecule has 1 heterocycles. The third-order valence-corrected chi connectivity index (χ3v) is 5.55. The topological polar surface area (TPSA) is 88.1 Å². The maximum atomic E-state index is 10.6. The Morgan fingerprint density at radius 1 is 0.971 bits per heavy atom. The van der Waals surface area contributed by atoms with Gasteiger partial charge in [0, 0.05) is 25.2 Å². The lowest BCUT2D eigenvalue weighted by atomic mass is 10.0. The SMILES string of the molecule is Cn1cc(-c2ccc(C#N)cc2)nc1/C=C/c1ccc(-c2ccc(OCCCC(=O)O)cc2)cc1. The number of carbonyl (C=O) groups is 1. The van der Waals surface area contributed by atoms with E-state index in [1.54, 1.807) is 12.1 Å². The van der Waals surface area contributed by atoms with Gasteiger partial charge in [-0.3, -0.25) is 4.79 Å². The Morgan fingerprint density at radius 3 is 2.23 bits per heavy atom. The fourth-order valence-corrected chi connectivity index (χ4v) is 3.60. The number of imidazole rings is 1. The van der Waals surface area contributed by atoms with Gasteiger partial charge in [0.25, 0.3) is 0 Å².